The van der Waals surface area contributed by atoms with Gasteiger partial charge in [0.2, 0.25) is 0 Å². The summed E-state index contributed by atoms with van der Waals surface area (Å²) in [6.07, 6.45) is 0. The van der Waals surface area contributed by atoms with Crippen molar-refractivity contribution in [3.8, 4) is 11.8 Å². The maximum absolute atomic E-state index is 12.4. The van der Waals surface area contributed by atoms with Crippen molar-refractivity contribution >= 4 is 17.2 Å². The zero-order valence-electron chi connectivity index (χ0n) is 10.5. The van der Waals surface area contributed by atoms with Gasteiger partial charge in [-0.2, -0.15) is 0 Å². The quantitative estimate of drug-likeness (QED) is 0.741. The second-order valence-electron chi connectivity index (χ2n) is 4.08. The van der Waals surface area contributed by atoms with E-state index in [1.54, 1.807) is 11.0 Å². The van der Waals surface area contributed by atoms with Gasteiger partial charge in [-0.1, -0.05) is 11.8 Å². The second kappa shape index (κ2) is 6.68. The molecule has 2 rings (SSSR count). The highest BCUT2D eigenvalue weighted by atomic mass is 32.1. The number of ether oxygens (including phenoxy) is 1. The van der Waals surface area contributed by atoms with Gasteiger partial charge >= 0.3 is 0 Å². The Labute approximate surface area is 116 Å². The lowest BCUT2D eigenvalue weighted by Gasteiger charge is -2.34. The Balaban J connectivity index is 2.12. The molecule has 2 heterocycles. The van der Waals surface area contributed by atoms with Crippen LogP contribution in [0.4, 0.5) is 0 Å². The molecule has 6 heteroatoms. The van der Waals surface area contributed by atoms with E-state index in [4.69, 9.17) is 10.5 Å². The van der Waals surface area contributed by atoms with Gasteiger partial charge in [0.05, 0.1) is 42.2 Å². The molecule has 0 aromatic carbocycles. The number of nitrogens with zero attached hydrogens (tertiary/aromatic N) is 1. The normalized spacial score (nSPS) is 18.8. The minimum absolute atomic E-state index is 0.0758. The lowest BCUT2D eigenvalue weighted by molar-refractivity contribution is -0.0181. The lowest BCUT2D eigenvalue weighted by atomic mass is 10.2. The molecule has 102 valence electrons. The van der Waals surface area contributed by atoms with Crippen LogP contribution in [0.5, 0.6) is 0 Å². The molecule has 1 unspecified atom stereocenters. The molecular formula is C13H16N2O3S. The first-order valence-electron chi connectivity index (χ1n) is 6.04. The number of nitrogens with two attached hydrogens (primary N) is 1. The number of amides is 1. The van der Waals surface area contributed by atoms with Gasteiger partial charge in [-0.25, -0.2) is 0 Å². The van der Waals surface area contributed by atoms with Crippen molar-refractivity contribution in [1.29, 1.82) is 0 Å². The molecule has 3 N–H and O–H groups in total. The minimum atomic E-state index is -0.262. The van der Waals surface area contributed by atoms with Crippen molar-refractivity contribution in [1.82, 2.24) is 4.90 Å². The van der Waals surface area contributed by atoms with Crippen LogP contribution in [0.15, 0.2) is 12.1 Å². The summed E-state index contributed by atoms with van der Waals surface area (Å²) < 4.78 is 5.26. The fourth-order valence-corrected chi connectivity index (χ4v) is 2.71. The van der Waals surface area contributed by atoms with Crippen LogP contribution in [-0.4, -0.2) is 54.9 Å². The van der Waals surface area contributed by atoms with E-state index < -0.39 is 0 Å². The Morgan fingerprint density at radius 3 is 3.21 bits per heavy atom. The summed E-state index contributed by atoms with van der Waals surface area (Å²) in [4.78, 5) is 15.5. The summed E-state index contributed by atoms with van der Waals surface area (Å²) in [6, 6.07) is 3.31. The predicted octanol–water partition coefficient (Wildman–Crippen LogP) is -0.108. The van der Waals surface area contributed by atoms with E-state index in [0.29, 0.717) is 31.2 Å². The predicted molar refractivity (Wildman–Crippen MR) is 73.0 cm³/mol. The van der Waals surface area contributed by atoms with Crippen LogP contribution in [0.2, 0.25) is 0 Å². The van der Waals surface area contributed by atoms with Gasteiger partial charge in [0, 0.05) is 6.54 Å². The lowest BCUT2D eigenvalue weighted by Crippen LogP contribution is -2.50. The topological polar surface area (TPSA) is 75.8 Å². The Morgan fingerprint density at radius 2 is 2.47 bits per heavy atom. The van der Waals surface area contributed by atoms with Crippen molar-refractivity contribution in [2.45, 2.75) is 6.04 Å². The van der Waals surface area contributed by atoms with Gasteiger partial charge < -0.3 is 20.5 Å². The van der Waals surface area contributed by atoms with Gasteiger partial charge in [0.25, 0.3) is 5.91 Å². The third-order valence-electron chi connectivity index (χ3n) is 2.83. The van der Waals surface area contributed by atoms with Crippen LogP contribution < -0.4 is 5.73 Å². The number of aliphatic hydroxyl groups is 1. The van der Waals surface area contributed by atoms with Gasteiger partial charge in [0.1, 0.15) is 0 Å². The van der Waals surface area contributed by atoms with E-state index in [9.17, 15) is 9.90 Å². The summed E-state index contributed by atoms with van der Waals surface area (Å²) in [6.45, 7) is 1.61. The monoisotopic (exact) mass is 280 g/mol. The SMILES string of the molecule is NCC#Cc1ccc(C(=O)N2CCOCC2CO)s1. The van der Waals surface area contributed by atoms with Crippen LogP contribution in [0.25, 0.3) is 0 Å². The third-order valence-corrected chi connectivity index (χ3v) is 3.82. The van der Waals surface area contributed by atoms with Crippen LogP contribution in [0.1, 0.15) is 14.5 Å². The molecule has 19 heavy (non-hydrogen) atoms. The molecule has 1 aliphatic rings. The van der Waals surface area contributed by atoms with Gasteiger partial charge in [0.15, 0.2) is 0 Å². The highest BCUT2D eigenvalue weighted by Gasteiger charge is 2.28. The first-order valence-corrected chi connectivity index (χ1v) is 6.86. The molecular weight excluding hydrogens is 264 g/mol. The fraction of sp³-hybridized carbons (Fsp3) is 0.462. The van der Waals surface area contributed by atoms with Crippen molar-refractivity contribution in [3.05, 3.63) is 21.9 Å². The fourth-order valence-electron chi connectivity index (χ4n) is 1.87. The van der Waals surface area contributed by atoms with Crippen molar-refractivity contribution in [2.75, 3.05) is 32.9 Å². The number of hydrogen-bond donors (Lipinski definition) is 2. The second-order valence-corrected chi connectivity index (χ2v) is 5.16. The average molecular weight is 280 g/mol. The Morgan fingerprint density at radius 1 is 1.63 bits per heavy atom. The molecule has 1 saturated heterocycles. The van der Waals surface area contributed by atoms with Crippen LogP contribution in [0, 0.1) is 11.8 Å². The van der Waals surface area contributed by atoms with Crippen LogP contribution in [0.3, 0.4) is 0 Å². The summed E-state index contributed by atoms with van der Waals surface area (Å²) in [5.41, 5.74) is 5.31. The molecule has 0 bridgehead atoms. The molecule has 5 nitrogen and oxygen atoms in total. The molecule has 0 aliphatic carbocycles. The minimum Gasteiger partial charge on any atom is -0.394 e. The molecule has 1 aromatic rings. The summed E-state index contributed by atoms with van der Waals surface area (Å²) in [7, 11) is 0. The number of thiophene rings is 1. The molecule has 1 atom stereocenters. The number of morpholine rings is 1. The molecule has 1 aliphatic heterocycles. The van der Waals surface area contributed by atoms with E-state index in [-0.39, 0.29) is 18.6 Å². The Kier molecular flexibility index (Phi) is 4.93. The summed E-state index contributed by atoms with van der Waals surface area (Å²) >= 11 is 1.34. The summed E-state index contributed by atoms with van der Waals surface area (Å²) in [5, 5.41) is 9.27. The highest BCUT2D eigenvalue weighted by molar-refractivity contribution is 7.14. The number of rotatable bonds is 2. The number of hydrogen-bond acceptors (Lipinski definition) is 5. The Bertz CT molecular complexity index is 503. The van der Waals surface area contributed by atoms with Crippen molar-refractivity contribution < 1.29 is 14.6 Å². The van der Waals surface area contributed by atoms with E-state index in [2.05, 4.69) is 11.8 Å². The molecule has 1 fully saturated rings. The highest BCUT2D eigenvalue weighted by Crippen LogP contribution is 2.20. The van der Waals surface area contributed by atoms with Gasteiger partial charge in [-0.3, -0.25) is 4.79 Å². The van der Waals surface area contributed by atoms with Crippen molar-refractivity contribution in [3.63, 3.8) is 0 Å². The molecule has 0 spiro atoms. The largest absolute Gasteiger partial charge is 0.394 e. The average Bonchev–Trinajstić information content (AvgIpc) is 2.93. The smallest absolute Gasteiger partial charge is 0.264 e. The maximum Gasteiger partial charge on any atom is 0.264 e. The molecule has 0 radical (unpaired) electrons. The van der Waals surface area contributed by atoms with Gasteiger partial charge in [-0.15, -0.1) is 11.3 Å². The first kappa shape index (κ1) is 14.0. The number of carbonyl (C=O) groups excluding carboxylic acids is 1. The van der Waals surface area contributed by atoms with Gasteiger partial charge in [-0.05, 0) is 12.1 Å². The zero-order chi connectivity index (χ0) is 13.7. The maximum atomic E-state index is 12.4. The first-order chi connectivity index (χ1) is 9.26. The summed E-state index contributed by atoms with van der Waals surface area (Å²) in [5.74, 6) is 5.59. The molecule has 0 saturated carbocycles. The molecule has 1 aromatic heterocycles. The Hall–Kier alpha value is -1.39. The van der Waals surface area contributed by atoms with E-state index in [1.807, 2.05) is 6.07 Å². The number of aliphatic hydroxyl groups excluding tert-OH is 1. The van der Waals surface area contributed by atoms with Crippen LogP contribution >= 0.6 is 11.3 Å². The van der Waals surface area contributed by atoms with E-state index >= 15 is 0 Å². The third kappa shape index (κ3) is 3.33. The van der Waals surface area contributed by atoms with Crippen molar-refractivity contribution in [2.24, 2.45) is 5.73 Å². The standard InChI is InChI=1S/C13H16N2O3S/c14-5-1-2-11-3-4-12(19-11)13(17)15-6-7-18-9-10(15)8-16/h3-4,10,16H,5-9,14H2. The van der Waals surface area contributed by atoms with Crippen LogP contribution in [-0.2, 0) is 4.74 Å². The van der Waals surface area contributed by atoms with E-state index in [0.717, 1.165) is 4.88 Å². The number of carbonyl (C=O) groups is 1. The van der Waals surface area contributed by atoms with E-state index in [1.165, 1.54) is 11.3 Å². The zero-order valence-corrected chi connectivity index (χ0v) is 11.3. The molecule has 1 amide bonds.